The summed E-state index contributed by atoms with van der Waals surface area (Å²) in [4.78, 5) is 0.911. The van der Waals surface area contributed by atoms with Crippen LogP contribution in [0.3, 0.4) is 0 Å². The summed E-state index contributed by atoms with van der Waals surface area (Å²) in [5.41, 5.74) is 0.988. The topological polar surface area (TPSA) is 0 Å². The first kappa shape index (κ1) is 9.97. The highest BCUT2D eigenvalue weighted by molar-refractivity contribution is 7.80. The number of halogens is 2. The molecule has 0 amide bonds. The summed E-state index contributed by atoms with van der Waals surface area (Å²) in [5.74, 6) is 0. The third kappa shape index (κ3) is 2.19. The van der Waals surface area contributed by atoms with Crippen LogP contribution in [0.15, 0.2) is 18.2 Å². The summed E-state index contributed by atoms with van der Waals surface area (Å²) in [6.45, 7) is 2.02. The molecule has 3 heteroatoms. The van der Waals surface area contributed by atoms with Crippen molar-refractivity contribution in [3.8, 4) is 0 Å². The maximum absolute atomic E-state index is 5.82. The van der Waals surface area contributed by atoms with E-state index in [1.165, 1.54) is 0 Å². The highest BCUT2D eigenvalue weighted by Gasteiger charge is 2.01. The van der Waals surface area contributed by atoms with Gasteiger partial charge in [-0.1, -0.05) is 48.4 Å². The minimum absolute atomic E-state index is 0.560. The van der Waals surface area contributed by atoms with Crippen LogP contribution >= 0.6 is 35.4 Å². The van der Waals surface area contributed by atoms with Crippen LogP contribution in [-0.2, 0) is 0 Å². The minimum atomic E-state index is 0.560. The zero-order valence-electron chi connectivity index (χ0n) is 6.60. The summed E-state index contributed by atoms with van der Waals surface area (Å²) < 4.78 is 0. The Kier molecular flexibility index (Phi) is 3.51. The molecule has 0 bridgehead atoms. The van der Waals surface area contributed by atoms with E-state index in [2.05, 4.69) is 0 Å². The van der Waals surface area contributed by atoms with E-state index >= 15 is 0 Å². The second-order valence-electron chi connectivity index (χ2n) is 2.41. The molecular formula is C9H8Cl2S. The first-order valence-electron chi connectivity index (χ1n) is 3.63. The molecule has 0 nitrogen and oxygen atoms in total. The fraction of sp³-hybridized carbons (Fsp3) is 0.222. The summed E-state index contributed by atoms with van der Waals surface area (Å²) in [7, 11) is 0. The first-order valence-corrected chi connectivity index (χ1v) is 4.79. The van der Waals surface area contributed by atoms with E-state index in [0.29, 0.717) is 10.0 Å². The van der Waals surface area contributed by atoms with Crippen LogP contribution < -0.4 is 0 Å². The Morgan fingerprint density at radius 2 is 2.00 bits per heavy atom. The predicted molar refractivity (Wildman–Crippen MR) is 58.5 cm³/mol. The number of hydrogen-bond donors (Lipinski definition) is 0. The Balaban J connectivity index is 3.05. The van der Waals surface area contributed by atoms with Gasteiger partial charge in [-0.25, -0.2) is 0 Å². The van der Waals surface area contributed by atoms with Crippen molar-refractivity contribution in [2.75, 3.05) is 0 Å². The van der Waals surface area contributed by atoms with Gasteiger partial charge in [0, 0.05) is 4.86 Å². The molecule has 0 spiro atoms. The molecule has 0 N–H and O–H groups in total. The Labute approximate surface area is 87.5 Å². The van der Waals surface area contributed by atoms with Crippen LogP contribution in [-0.4, -0.2) is 4.86 Å². The zero-order chi connectivity index (χ0) is 9.14. The van der Waals surface area contributed by atoms with Gasteiger partial charge in [0.15, 0.2) is 0 Å². The Bertz CT molecular complexity index is 307. The Morgan fingerprint density at radius 1 is 1.33 bits per heavy atom. The molecule has 1 rings (SSSR count). The Morgan fingerprint density at radius 3 is 2.50 bits per heavy atom. The molecule has 0 atom stereocenters. The van der Waals surface area contributed by atoms with Crippen molar-refractivity contribution in [3.05, 3.63) is 33.8 Å². The van der Waals surface area contributed by atoms with Gasteiger partial charge in [0.05, 0.1) is 10.0 Å². The molecule has 0 aliphatic heterocycles. The summed E-state index contributed by atoms with van der Waals surface area (Å²) in [6, 6.07) is 5.46. The number of thiocarbonyl (C=S) groups is 1. The smallest absolute Gasteiger partial charge is 0.0598 e. The average molecular weight is 219 g/mol. The largest absolute Gasteiger partial charge is 0.0843 e. The molecule has 0 heterocycles. The summed E-state index contributed by atoms with van der Waals surface area (Å²) in [6.07, 6.45) is 0.854. The van der Waals surface area contributed by atoms with Crippen molar-refractivity contribution in [2.24, 2.45) is 0 Å². The van der Waals surface area contributed by atoms with Crippen molar-refractivity contribution < 1.29 is 0 Å². The van der Waals surface area contributed by atoms with E-state index < -0.39 is 0 Å². The molecule has 64 valence electrons. The molecule has 1 aromatic rings. The lowest BCUT2D eigenvalue weighted by molar-refractivity contribution is 1.31. The molecule has 12 heavy (non-hydrogen) atoms. The van der Waals surface area contributed by atoms with E-state index in [4.69, 9.17) is 35.4 Å². The monoisotopic (exact) mass is 218 g/mol. The molecular weight excluding hydrogens is 211 g/mol. The molecule has 0 aromatic heterocycles. The van der Waals surface area contributed by atoms with Gasteiger partial charge in [-0.3, -0.25) is 0 Å². The van der Waals surface area contributed by atoms with Crippen LogP contribution in [0.25, 0.3) is 0 Å². The maximum Gasteiger partial charge on any atom is 0.0598 e. The van der Waals surface area contributed by atoms with Crippen molar-refractivity contribution in [2.45, 2.75) is 13.3 Å². The van der Waals surface area contributed by atoms with Crippen molar-refractivity contribution in [3.63, 3.8) is 0 Å². The molecule has 0 aliphatic carbocycles. The van der Waals surface area contributed by atoms with Gasteiger partial charge in [-0.2, -0.15) is 0 Å². The fourth-order valence-electron chi connectivity index (χ4n) is 0.874. The highest BCUT2D eigenvalue weighted by atomic mass is 35.5. The lowest BCUT2D eigenvalue weighted by atomic mass is 10.1. The highest BCUT2D eigenvalue weighted by Crippen LogP contribution is 2.23. The van der Waals surface area contributed by atoms with Gasteiger partial charge >= 0.3 is 0 Å². The van der Waals surface area contributed by atoms with Crippen LogP contribution in [0.4, 0.5) is 0 Å². The van der Waals surface area contributed by atoms with Gasteiger partial charge in [0.2, 0.25) is 0 Å². The zero-order valence-corrected chi connectivity index (χ0v) is 8.93. The molecule has 0 radical (unpaired) electrons. The number of benzene rings is 1. The molecule has 0 unspecified atom stereocenters. The van der Waals surface area contributed by atoms with E-state index in [-0.39, 0.29) is 0 Å². The molecule has 0 saturated carbocycles. The van der Waals surface area contributed by atoms with Crippen molar-refractivity contribution in [1.29, 1.82) is 0 Å². The van der Waals surface area contributed by atoms with E-state index in [9.17, 15) is 0 Å². The third-order valence-electron chi connectivity index (χ3n) is 1.56. The standard InChI is InChI=1S/C9H8Cl2S/c1-2-9(12)6-3-4-7(10)8(11)5-6/h3-5H,2H2,1H3. The second kappa shape index (κ2) is 4.22. The minimum Gasteiger partial charge on any atom is -0.0843 e. The van der Waals surface area contributed by atoms with E-state index in [1.54, 1.807) is 12.1 Å². The van der Waals surface area contributed by atoms with Crippen LogP contribution in [0.1, 0.15) is 18.9 Å². The quantitative estimate of drug-likeness (QED) is 0.532. The van der Waals surface area contributed by atoms with Gasteiger partial charge in [0.1, 0.15) is 0 Å². The van der Waals surface area contributed by atoms with Gasteiger partial charge < -0.3 is 0 Å². The van der Waals surface area contributed by atoms with Crippen molar-refractivity contribution in [1.82, 2.24) is 0 Å². The third-order valence-corrected chi connectivity index (χ3v) is 2.83. The fourth-order valence-corrected chi connectivity index (χ4v) is 1.30. The molecule has 1 aromatic carbocycles. The summed E-state index contributed by atoms with van der Waals surface area (Å²) in [5, 5.41) is 1.13. The van der Waals surface area contributed by atoms with Crippen molar-refractivity contribution >= 4 is 40.3 Å². The molecule has 0 saturated heterocycles. The maximum atomic E-state index is 5.82. The lowest BCUT2D eigenvalue weighted by Gasteiger charge is -2.01. The number of hydrogen-bond acceptors (Lipinski definition) is 1. The van der Waals surface area contributed by atoms with Crippen LogP contribution in [0.5, 0.6) is 0 Å². The average Bonchev–Trinajstić information content (AvgIpc) is 2.08. The van der Waals surface area contributed by atoms with Gasteiger partial charge in [-0.15, -0.1) is 0 Å². The molecule has 0 fully saturated rings. The van der Waals surface area contributed by atoms with E-state index in [0.717, 1.165) is 16.8 Å². The van der Waals surface area contributed by atoms with Crippen LogP contribution in [0, 0.1) is 0 Å². The first-order chi connectivity index (χ1) is 5.65. The van der Waals surface area contributed by atoms with E-state index in [1.807, 2.05) is 13.0 Å². The predicted octanol–water partition coefficient (Wildman–Crippen LogP) is 4.12. The second-order valence-corrected chi connectivity index (χ2v) is 3.71. The number of rotatable bonds is 2. The summed E-state index contributed by atoms with van der Waals surface area (Å²) >= 11 is 16.7. The normalized spacial score (nSPS) is 9.92. The lowest BCUT2D eigenvalue weighted by Crippen LogP contribution is -1.93. The van der Waals surface area contributed by atoms with Crippen LogP contribution in [0.2, 0.25) is 10.0 Å². The van der Waals surface area contributed by atoms with Gasteiger partial charge in [-0.05, 0) is 24.1 Å². The van der Waals surface area contributed by atoms with Gasteiger partial charge in [0.25, 0.3) is 0 Å². The molecule has 0 aliphatic rings. The SMILES string of the molecule is CCC(=S)c1ccc(Cl)c(Cl)c1. The Hall–Kier alpha value is -0.110.